The number of anilines is 1. The molecule has 0 unspecified atom stereocenters. The van der Waals surface area contributed by atoms with Crippen molar-refractivity contribution in [1.82, 2.24) is 4.90 Å². The Morgan fingerprint density at radius 2 is 1.83 bits per heavy atom. The van der Waals surface area contributed by atoms with Crippen molar-refractivity contribution in [2.75, 3.05) is 30.8 Å². The van der Waals surface area contributed by atoms with E-state index in [4.69, 9.17) is 0 Å². The Labute approximate surface area is 142 Å². The van der Waals surface area contributed by atoms with Crippen molar-refractivity contribution in [3.63, 3.8) is 0 Å². The van der Waals surface area contributed by atoms with Crippen molar-refractivity contribution >= 4 is 23.4 Å². The molecule has 1 aliphatic rings. The third-order valence-corrected chi connectivity index (χ3v) is 5.43. The van der Waals surface area contributed by atoms with Gasteiger partial charge in [0.05, 0.1) is 5.75 Å². The fraction of sp³-hybridized carbons (Fsp3) is 0.316. The summed E-state index contributed by atoms with van der Waals surface area (Å²) in [6.07, 6.45) is 0. The molecule has 120 valence electrons. The number of nitrogens with zero attached hydrogens (tertiary/aromatic N) is 2. The molecule has 0 atom stereocenters. The van der Waals surface area contributed by atoms with Crippen LogP contribution in [0.5, 0.6) is 0 Å². The van der Waals surface area contributed by atoms with E-state index in [1.54, 1.807) is 11.8 Å². The third-order valence-electron chi connectivity index (χ3n) is 4.27. The maximum absolute atomic E-state index is 12.6. The van der Waals surface area contributed by atoms with Crippen LogP contribution in [0.2, 0.25) is 0 Å². The fourth-order valence-electron chi connectivity index (χ4n) is 2.85. The normalized spacial score (nSPS) is 14.3. The summed E-state index contributed by atoms with van der Waals surface area (Å²) in [5.41, 5.74) is 3.68. The van der Waals surface area contributed by atoms with Crippen molar-refractivity contribution in [3.05, 3.63) is 59.7 Å². The van der Waals surface area contributed by atoms with Gasteiger partial charge in [-0.05, 0) is 30.2 Å². The van der Waals surface area contributed by atoms with Gasteiger partial charge in [-0.1, -0.05) is 36.4 Å². The lowest BCUT2D eigenvalue weighted by molar-refractivity contribution is -0.128. The average Bonchev–Trinajstić information content (AvgIpc) is 2.74. The molecule has 23 heavy (non-hydrogen) atoms. The summed E-state index contributed by atoms with van der Waals surface area (Å²) in [7, 11) is 2.09. The van der Waals surface area contributed by atoms with Crippen molar-refractivity contribution in [1.29, 1.82) is 0 Å². The molecular formula is C19H22N2OS. The molecule has 2 aromatic carbocycles. The minimum atomic E-state index is 0.211. The number of hydrogen-bond donors (Lipinski definition) is 0. The molecule has 1 aliphatic heterocycles. The summed E-state index contributed by atoms with van der Waals surface area (Å²) in [5.74, 6) is 0.708. The summed E-state index contributed by atoms with van der Waals surface area (Å²) < 4.78 is 0. The number of fused-ring (bicyclic) bond motifs is 1. The smallest absolute Gasteiger partial charge is 0.233 e. The quantitative estimate of drug-likeness (QED) is 0.806. The van der Waals surface area contributed by atoms with Gasteiger partial charge in [0.1, 0.15) is 0 Å². The molecule has 4 heteroatoms. The highest BCUT2D eigenvalue weighted by atomic mass is 32.2. The largest absolute Gasteiger partial charge is 0.373 e. The van der Waals surface area contributed by atoms with Gasteiger partial charge in [0.15, 0.2) is 0 Å². The Balaban J connectivity index is 1.67. The van der Waals surface area contributed by atoms with E-state index in [1.165, 1.54) is 21.7 Å². The van der Waals surface area contributed by atoms with Crippen molar-refractivity contribution in [2.24, 2.45) is 0 Å². The monoisotopic (exact) mass is 326 g/mol. The molecule has 0 aliphatic carbocycles. The molecule has 0 N–H and O–H groups in total. The van der Waals surface area contributed by atoms with E-state index >= 15 is 0 Å². The molecule has 0 spiro atoms. The van der Waals surface area contributed by atoms with Gasteiger partial charge in [0, 0.05) is 37.3 Å². The number of benzene rings is 2. The van der Waals surface area contributed by atoms with Crippen LogP contribution in [0.1, 0.15) is 11.1 Å². The van der Waals surface area contributed by atoms with Crippen LogP contribution < -0.4 is 4.90 Å². The predicted octanol–water partition coefficient (Wildman–Crippen LogP) is 3.57. The Morgan fingerprint density at radius 3 is 2.65 bits per heavy atom. The first-order chi connectivity index (χ1) is 11.1. The number of aryl methyl sites for hydroxylation is 1. The van der Waals surface area contributed by atoms with Gasteiger partial charge in [0.2, 0.25) is 5.91 Å². The second-order valence-electron chi connectivity index (χ2n) is 5.92. The van der Waals surface area contributed by atoms with Crippen molar-refractivity contribution in [2.45, 2.75) is 18.4 Å². The summed E-state index contributed by atoms with van der Waals surface area (Å²) in [4.78, 5) is 18.0. The van der Waals surface area contributed by atoms with Crippen LogP contribution in [0, 0.1) is 6.92 Å². The number of hydrogen-bond acceptors (Lipinski definition) is 3. The maximum Gasteiger partial charge on any atom is 0.233 e. The number of rotatable bonds is 3. The molecule has 0 aromatic heterocycles. The molecule has 2 aromatic rings. The van der Waals surface area contributed by atoms with Crippen LogP contribution in [0.3, 0.4) is 0 Å². The van der Waals surface area contributed by atoms with Gasteiger partial charge in [-0.2, -0.15) is 0 Å². The molecule has 1 heterocycles. The minimum Gasteiger partial charge on any atom is -0.373 e. The molecule has 1 amide bonds. The van der Waals surface area contributed by atoms with E-state index in [9.17, 15) is 4.79 Å². The first kappa shape index (κ1) is 15.9. The van der Waals surface area contributed by atoms with Crippen molar-refractivity contribution < 1.29 is 4.79 Å². The summed E-state index contributed by atoms with van der Waals surface area (Å²) in [5, 5.41) is 0. The zero-order valence-corrected chi connectivity index (χ0v) is 14.5. The first-order valence-corrected chi connectivity index (χ1v) is 8.89. The molecule has 0 fully saturated rings. The molecule has 0 bridgehead atoms. The fourth-order valence-corrected chi connectivity index (χ4v) is 3.79. The van der Waals surface area contributed by atoms with Gasteiger partial charge in [-0.25, -0.2) is 0 Å². The summed E-state index contributed by atoms with van der Waals surface area (Å²) >= 11 is 1.63. The van der Waals surface area contributed by atoms with Gasteiger partial charge in [-0.15, -0.1) is 11.8 Å². The topological polar surface area (TPSA) is 23.6 Å². The number of para-hydroxylation sites is 1. The molecule has 3 nitrogen and oxygen atoms in total. The third kappa shape index (κ3) is 3.70. The highest BCUT2D eigenvalue weighted by molar-refractivity contribution is 8.00. The van der Waals surface area contributed by atoms with E-state index in [0.29, 0.717) is 12.3 Å². The van der Waals surface area contributed by atoms with Crippen LogP contribution in [0.4, 0.5) is 5.69 Å². The Bertz CT molecular complexity index is 701. The van der Waals surface area contributed by atoms with E-state index in [-0.39, 0.29) is 5.91 Å². The van der Waals surface area contributed by atoms with Crippen LogP contribution in [-0.2, 0) is 11.3 Å². The van der Waals surface area contributed by atoms with Gasteiger partial charge >= 0.3 is 0 Å². The maximum atomic E-state index is 12.6. The molecule has 0 radical (unpaired) electrons. The Kier molecular flexibility index (Phi) is 4.91. The Hall–Kier alpha value is -1.94. The number of likely N-dealkylation sites (N-methyl/N-ethyl adjacent to an activating group) is 1. The lowest BCUT2D eigenvalue weighted by Gasteiger charge is -2.21. The second kappa shape index (κ2) is 7.09. The standard InChI is InChI=1S/C19H22N2OS/c1-15-7-3-6-10-18(15)23-14-19(22)21-12-11-20(2)17-9-5-4-8-16(17)13-21/h3-10H,11-14H2,1-2H3. The first-order valence-electron chi connectivity index (χ1n) is 7.90. The van der Waals surface area contributed by atoms with Gasteiger partial charge in [0.25, 0.3) is 0 Å². The highest BCUT2D eigenvalue weighted by Crippen LogP contribution is 2.26. The predicted molar refractivity (Wildman–Crippen MR) is 97.0 cm³/mol. The number of carbonyl (C=O) groups excluding carboxylic acids is 1. The van der Waals surface area contributed by atoms with Gasteiger partial charge in [-0.3, -0.25) is 4.79 Å². The average molecular weight is 326 g/mol. The van der Waals surface area contributed by atoms with E-state index in [1.807, 2.05) is 23.1 Å². The highest BCUT2D eigenvalue weighted by Gasteiger charge is 2.21. The molecule has 0 saturated heterocycles. The number of carbonyl (C=O) groups is 1. The number of thioether (sulfide) groups is 1. The van der Waals surface area contributed by atoms with Crippen LogP contribution in [-0.4, -0.2) is 36.7 Å². The van der Waals surface area contributed by atoms with Crippen molar-refractivity contribution in [3.8, 4) is 0 Å². The molecule has 3 rings (SSSR count). The zero-order chi connectivity index (χ0) is 16.2. The van der Waals surface area contributed by atoms with Crippen LogP contribution in [0.15, 0.2) is 53.4 Å². The van der Waals surface area contributed by atoms with Gasteiger partial charge < -0.3 is 9.80 Å². The van der Waals surface area contributed by atoms with Crippen LogP contribution in [0.25, 0.3) is 0 Å². The van der Waals surface area contributed by atoms with E-state index < -0.39 is 0 Å². The molecule has 0 saturated carbocycles. The SMILES string of the molecule is Cc1ccccc1SCC(=O)N1CCN(C)c2ccccc2C1. The molecular weight excluding hydrogens is 304 g/mol. The summed E-state index contributed by atoms with van der Waals surface area (Å²) in [6.45, 7) is 4.44. The number of amides is 1. The van der Waals surface area contributed by atoms with E-state index in [2.05, 4.69) is 49.2 Å². The Morgan fingerprint density at radius 1 is 1.09 bits per heavy atom. The lowest BCUT2D eigenvalue weighted by atomic mass is 10.1. The van der Waals surface area contributed by atoms with Crippen LogP contribution >= 0.6 is 11.8 Å². The summed E-state index contributed by atoms with van der Waals surface area (Å²) in [6, 6.07) is 16.6. The zero-order valence-electron chi connectivity index (χ0n) is 13.7. The van der Waals surface area contributed by atoms with E-state index in [0.717, 1.165) is 13.1 Å². The second-order valence-corrected chi connectivity index (χ2v) is 6.94. The minimum absolute atomic E-state index is 0.211. The lowest BCUT2D eigenvalue weighted by Crippen LogP contribution is -2.35.